The Morgan fingerprint density at radius 2 is 2.12 bits per heavy atom. The molecule has 1 aliphatic heterocycles. The summed E-state index contributed by atoms with van der Waals surface area (Å²) in [6, 6.07) is 9.00. The number of halogens is 1. The van der Waals surface area contributed by atoms with Gasteiger partial charge in [0.1, 0.15) is 18.9 Å². The Hall–Kier alpha value is -2.71. The maximum absolute atomic E-state index is 12.3. The van der Waals surface area contributed by atoms with Crippen molar-refractivity contribution in [2.75, 3.05) is 18.5 Å². The fourth-order valence-electron chi connectivity index (χ4n) is 2.48. The van der Waals surface area contributed by atoms with Crippen LogP contribution in [-0.2, 0) is 11.2 Å². The standard InChI is InChI=1S/C17H13ClN4O3S/c18-11-7-10(8-13-15(11)25-6-5-24-13)9-14(23)20-17-22-21-16(26-17)12-3-1-2-4-19-12/h1-4,7-8H,5-6,9H2,(H,20,22,23). The van der Waals surface area contributed by atoms with Crippen LogP contribution < -0.4 is 14.8 Å². The van der Waals surface area contributed by atoms with Crippen LogP contribution in [0.1, 0.15) is 5.56 Å². The van der Waals surface area contributed by atoms with E-state index in [9.17, 15) is 4.79 Å². The lowest BCUT2D eigenvalue weighted by atomic mass is 10.1. The van der Waals surface area contributed by atoms with Crippen LogP contribution in [0.5, 0.6) is 11.5 Å². The molecule has 0 atom stereocenters. The zero-order valence-electron chi connectivity index (χ0n) is 13.4. The third-order valence-corrected chi connectivity index (χ3v) is 4.72. The van der Waals surface area contributed by atoms with E-state index in [-0.39, 0.29) is 12.3 Å². The molecule has 1 N–H and O–H groups in total. The molecule has 1 aliphatic rings. The van der Waals surface area contributed by atoms with Crippen LogP contribution in [0, 0.1) is 0 Å². The highest BCUT2D eigenvalue weighted by molar-refractivity contribution is 7.18. The van der Waals surface area contributed by atoms with E-state index < -0.39 is 0 Å². The molecule has 9 heteroatoms. The van der Waals surface area contributed by atoms with Gasteiger partial charge in [-0.1, -0.05) is 29.0 Å². The monoisotopic (exact) mass is 388 g/mol. The van der Waals surface area contributed by atoms with Crippen LogP contribution in [0.15, 0.2) is 36.5 Å². The molecule has 3 aromatic rings. The van der Waals surface area contributed by atoms with E-state index in [4.69, 9.17) is 21.1 Å². The fourth-order valence-corrected chi connectivity index (χ4v) is 3.51. The van der Waals surface area contributed by atoms with Crippen molar-refractivity contribution in [1.29, 1.82) is 0 Å². The average Bonchev–Trinajstić information content (AvgIpc) is 3.11. The maximum atomic E-state index is 12.3. The van der Waals surface area contributed by atoms with E-state index in [1.54, 1.807) is 18.3 Å². The molecular formula is C17H13ClN4O3S. The predicted octanol–water partition coefficient (Wildman–Crippen LogP) is 3.21. The number of hydrogen-bond acceptors (Lipinski definition) is 7. The number of nitrogens with one attached hydrogen (secondary N) is 1. The molecule has 4 rings (SSSR count). The molecule has 0 aliphatic carbocycles. The molecule has 0 saturated carbocycles. The maximum Gasteiger partial charge on any atom is 0.230 e. The molecule has 132 valence electrons. The Morgan fingerprint density at radius 1 is 1.23 bits per heavy atom. The lowest BCUT2D eigenvalue weighted by Gasteiger charge is -2.20. The van der Waals surface area contributed by atoms with Crippen molar-refractivity contribution >= 4 is 34.0 Å². The minimum Gasteiger partial charge on any atom is -0.486 e. The molecule has 0 spiro atoms. The Labute approximate surface area is 158 Å². The van der Waals surface area contributed by atoms with E-state index in [0.717, 1.165) is 5.56 Å². The van der Waals surface area contributed by atoms with Gasteiger partial charge < -0.3 is 14.8 Å². The summed E-state index contributed by atoms with van der Waals surface area (Å²) in [6.45, 7) is 0.919. The summed E-state index contributed by atoms with van der Waals surface area (Å²) in [5.74, 6) is 0.854. The van der Waals surface area contributed by atoms with Gasteiger partial charge in [-0.25, -0.2) is 0 Å². The molecule has 0 unspecified atom stereocenters. The predicted molar refractivity (Wildman–Crippen MR) is 97.9 cm³/mol. The number of fused-ring (bicyclic) bond motifs is 1. The second-order valence-electron chi connectivity index (χ2n) is 5.45. The Morgan fingerprint density at radius 3 is 2.96 bits per heavy atom. The van der Waals surface area contributed by atoms with Crippen LogP contribution in [0.3, 0.4) is 0 Å². The zero-order chi connectivity index (χ0) is 17.9. The van der Waals surface area contributed by atoms with Crippen molar-refractivity contribution in [3.63, 3.8) is 0 Å². The van der Waals surface area contributed by atoms with Crippen molar-refractivity contribution < 1.29 is 14.3 Å². The molecule has 2 aromatic heterocycles. The van der Waals surface area contributed by atoms with E-state index >= 15 is 0 Å². The van der Waals surface area contributed by atoms with Gasteiger partial charge >= 0.3 is 0 Å². The largest absolute Gasteiger partial charge is 0.486 e. The number of carbonyl (C=O) groups excluding carboxylic acids is 1. The van der Waals surface area contributed by atoms with E-state index in [0.29, 0.717) is 45.6 Å². The van der Waals surface area contributed by atoms with Gasteiger partial charge in [0.05, 0.1) is 11.4 Å². The molecule has 3 heterocycles. The first kappa shape index (κ1) is 16.7. The SMILES string of the molecule is O=C(Cc1cc(Cl)c2c(c1)OCCO2)Nc1nnc(-c2ccccn2)s1. The number of pyridine rings is 1. The van der Waals surface area contributed by atoms with Gasteiger partial charge in [-0.3, -0.25) is 9.78 Å². The third-order valence-electron chi connectivity index (χ3n) is 3.58. The molecule has 0 saturated heterocycles. The van der Waals surface area contributed by atoms with Crippen molar-refractivity contribution in [1.82, 2.24) is 15.2 Å². The van der Waals surface area contributed by atoms with Crippen molar-refractivity contribution in [2.45, 2.75) is 6.42 Å². The van der Waals surface area contributed by atoms with Crippen LogP contribution in [0.25, 0.3) is 10.7 Å². The minimum atomic E-state index is -0.221. The number of nitrogens with zero attached hydrogens (tertiary/aromatic N) is 3. The second-order valence-corrected chi connectivity index (χ2v) is 6.84. The van der Waals surface area contributed by atoms with Crippen molar-refractivity contribution in [2.24, 2.45) is 0 Å². The first-order valence-electron chi connectivity index (χ1n) is 7.82. The molecular weight excluding hydrogens is 376 g/mol. The van der Waals surface area contributed by atoms with Crippen LogP contribution in [0.4, 0.5) is 5.13 Å². The van der Waals surface area contributed by atoms with Crippen LogP contribution >= 0.6 is 22.9 Å². The summed E-state index contributed by atoms with van der Waals surface area (Å²) < 4.78 is 11.0. The van der Waals surface area contributed by atoms with Gasteiger partial charge in [-0.15, -0.1) is 10.2 Å². The summed E-state index contributed by atoms with van der Waals surface area (Å²) in [7, 11) is 0. The Bertz CT molecular complexity index is 948. The Kier molecular flexibility index (Phi) is 4.68. The van der Waals surface area contributed by atoms with Crippen molar-refractivity contribution in [3.05, 3.63) is 47.1 Å². The number of anilines is 1. The highest BCUT2D eigenvalue weighted by Crippen LogP contribution is 2.38. The highest BCUT2D eigenvalue weighted by Gasteiger charge is 2.18. The van der Waals surface area contributed by atoms with Crippen LogP contribution in [-0.4, -0.2) is 34.3 Å². The number of carbonyl (C=O) groups is 1. The van der Waals surface area contributed by atoms with E-state index in [1.165, 1.54) is 11.3 Å². The summed E-state index contributed by atoms with van der Waals surface area (Å²) in [5, 5.41) is 12.3. The van der Waals surface area contributed by atoms with Crippen LogP contribution in [0.2, 0.25) is 5.02 Å². The molecule has 26 heavy (non-hydrogen) atoms. The van der Waals surface area contributed by atoms with Gasteiger partial charge in [-0.05, 0) is 29.8 Å². The lowest BCUT2D eigenvalue weighted by molar-refractivity contribution is -0.115. The second kappa shape index (κ2) is 7.27. The smallest absolute Gasteiger partial charge is 0.230 e. The summed E-state index contributed by atoms with van der Waals surface area (Å²) in [4.78, 5) is 16.5. The number of rotatable bonds is 4. The first-order chi connectivity index (χ1) is 12.7. The first-order valence-corrected chi connectivity index (χ1v) is 9.01. The summed E-state index contributed by atoms with van der Waals surface area (Å²) in [5.41, 5.74) is 1.44. The Balaban J connectivity index is 1.45. The topological polar surface area (TPSA) is 86.2 Å². The summed E-state index contributed by atoms with van der Waals surface area (Å²) >= 11 is 7.46. The molecule has 7 nitrogen and oxygen atoms in total. The highest BCUT2D eigenvalue weighted by atomic mass is 35.5. The number of amides is 1. The third kappa shape index (κ3) is 3.61. The van der Waals surface area contributed by atoms with Crippen molar-refractivity contribution in [3.8, 4) is 22.2 Å². The molecule has 0 fully saturated rings. The molecule has 1 aromatic carbocycles. The summed E-state index contributed by atoms with van der Waals surface area (Å²) in [6.07, 6.45) is 1.81. The number of ether oxygens (including phenoxy) is 2. The van der Waals surface area contributed by atoms with Gasteiger partial charge in [0.2, 0.25) is 11.0 Å². The fraction of sp³-hybridized carbons (Fsp3) is 0.176. The number of aromatic nitrogens is 3. The van der Waals surface area contributed by atoms with E-state index in [1.807, 2.05) is 18.2 Å². The van der Waals surface area contributed by atoms with E-state index in [2.05, 4.69) is 20.5 Å². The molecule has 1 amide bonds. The average molecular weight is 389 g/mol. The number of benzene rings is 1. The van der Waals surface area contributed by atoms with Gasteiger partial charge in [0, 0.05) is 6.20 Å². The zero-order valence-corrected chi connectivity index (χ0v) is 15.0. The van der Waals surface area contributed by atoms with Gasteiger partial charge in [0.25, 0.3) is 0 Å². The normalized spacial score (nSPS) is 12.7. The number of hydrogen-bond donors (Lipinski definition) is 1. The molecule has 0 radical (unpaired) electrons. The minimum absolute atomic E-state index is 0.134. The quantitative estimate of drug-likeness (QED) is 0.738. The van der Waals surface area contributed by atoms with Gasteiger partial charge in [-0.2, -0.15) is 0 Å². The molecule has 0 bridgehead atoms. The van der Waals surface area contributed by atoms with Gasteiger partial charge in [0.15, 0.2) is 16.5 Å². The lowest BCUT2D eigenvalue weighted by Crippen LogP contribution is -2.17.